The number of hydrogen-bond acceptors (Lipinski definition) is 9. The molecule has 1 N–H and O–H groups in total. The molecule has 0 radical (unpaired) electrons. The first-order valence-electron chi connectivity index (χ1n) is 12.8. The van der Waals surface area contributed by atoms with Crippen molar-refractivity contribution in [3.05, 3.63) is 60.0 Å². The lowest BCUT2D eigenvalue weighted by atomic mass is 10.0. The Labute approximate surface area is 235 Å². The van der Waals surface area contributed by atoms with Crippen molar-refractivity contribution < 1.29 is 14.3 Å². The third-order valence-corrected chi connectivity index (χ3v) is 7.44. The Morgan fingerprint density at radius 1 is 1.02 bits per heavy atom. The van der Waals surface area contributed by atoms with Crippen molar-refractivity contribution in [3.8, 4) is 22.6 Å². The van der Waals surface area contributed by atoms with Crippen LogP contribution in [0.5, 0.6) is 11.5 Å². The number of amides is 1. The molecule has 1 amide bonds. The minimum Gasteiger partial charge on any atom is -0.497 e. The number of nitrogens with zero attached hydrogens (tertiary/aromatic N) is 7. The van der Waals surface area contributed by atoms with Gasteiger partial charge in [0.1, 0.15) is 17.8 Å². The van der Waals surface area contributed by atoms with E-state index < -0.39 is 0 Å². The summed E-state index contributed by atoms with van der Waals surface area (Å²) in [6.07, 6.45) is 3.34. The summed E-state index contributed by atoms with van der Waals surface area (Å²) in [7, 11) is 3.14. The number of nitrogens with one attached hydrogen (secondary N) is 1. The molecule has 11 nitrogen and oxygen atoms in total. The number of anilines is 3. The summed E-state index contributed by atoms with van der Waals surface area (Å²) in [6, 6.07) is 13.2. The van der Waals surface area contributed by atoms with Crippen LogP contribution in [0.3, 0.4) is 0 Å². The molecule has 0 saturated carbocycles. The number of carbonyl (C=O) groups excluding carboxylic acids is 1. The number of fused-ring (bicyclic) bond motifs is 3. The molecule has 0 aliphatic carbocycles. The first kappa shape index (κ1) is 25.8. The number of carbonyl (C=O) groups is 1. The minimum atomic E-state index is 0.109. The Kier molecular flexibility index (Phi) is 6.82. The van der Waals surface area contributed by atoms with Gasteiger partial charge in [-0.1, -0.05) is 18.5 Å². The number of halogens is 1. The van der Waals surface area contributed by atoms with Crippen molar-refractivity contribution in [2.75, 3.05) is 50.6 Å². The van der Waals surface area contributed by atoms with Crippen molar-refractivity contribution in [2.24, 2.45) is 0 Å². The highest BCUT2D eigenvalue weighted by molar-refractivity contribution is 6.35. The second kappa shape index (κ2) is 10.6. The number of pyridine rings is 1. The first-order valence-corrected chi connectivity index (χ1v) is 13.2. The standard InChI is InChI=1S/C28H27ClN8O3/c1-4-35-9-10-36(24(38)15-35)19-7-5-18(6-8-19)32-28-30-14-17-11-22(27-34-31-16-37(27)26(17)33-28)21-12-20(39-2)13-23(40-3)25(21)29/h5-8,11-14,16H,4,9-10,15H2,1-3H3,(H,30,32,33). The predicted molar refractivity (Wildman–Crippen MR) is 154 cm³/mol. The number of piperazine rings is 1. The van der Waals surface area contributed by atoms with Crippen LogP contribution in [0.1, 0.15) is 6.92 Å². The Morgan fingerprint density at radius 2 is 1.85 bits per heavy atom. The highest BCUT2D eigenvalue weighted by Gasteiger charge is 2.24. The van der Waals surface area contributed by atoms with Crippen molar-refractivity contribution >= 4 is 51.5 Å². The summed E-state index contributed by atoms with van der Waals surface area (Å²) in [5.41, 5.74) is 4.30. The molecule has 5 aromatic rings. The van der Waals surface area contributed by atoms with E-state index in [2.05, 4.69) is 32.3 Å². The zero-order chi connectivity index (χ0) is 27.8. The SMILES string of the molecule is CCN1CCN(c2ccc(Nc3ncc4cc(-c5cc(OC)cc(OC)c5Cl)c5nncn5c4n3)cc2)C(=O)C1. The summed E-state index contributed by atoms with van der Waals surface area (Å²) in [4.78, 5) is 25.8. The topological polar surface area (TPSA) is 110 Å². The van der Waals surface area contributed by atoms with Gasteiger partial charge < -0.3 is 19.7 Å². The van der Waals surface area contributed by atoms with Crippen LogP contribution in [-0.2, 0) is 4.79 Å². The number of ether oxygens (including phenoxy) is 2. The Hall–Kier alpha value is -4.48. The van der Waals surface area contributed by atoms with Crippen molar-refractivity contribution in [2.45, 2.75) is 6.92 Å². The van der Waals surface area contributed by atoms with E-state index in [-0.39, 0.29) is 5.91 Å². The third-order valence-electron chi connectivity index (χ3n) is 7.05. The molecule has 204 valence electrons. The molecular weight excluding hydrogens is 532 g/mol. The lowest BCUT2D eigenvalue weighted by Gasteiger charge is -2.33. The van der Waals surface area contributed by atoms with E-state index in [9.17, 15) is 4.79 Å². The molecule has 0 bridgehead atoms. The van der Waals surface area contributed by atoms with E-state index in [1.54, 1.807) is 37.2 Å². The maximum absolute atomic E-state index is 12.6. The van der Waals surface area contributed by atoms with Gasteiger partial charge in [-0.3, -0.25) is 14.1 Å². The fourth-order valence-corrected chi connectivity index (χ4v) is 5.17. The molecule has 6 rings (SSSR count). The minimum absolute atomic E-state index is 0.109. The molecule has 0 atom stereocenters. The molecule has 1 fully saturated rings. The molecule has 4 heterocycles. The van der Waals surface area contributed by atoms with Crippen LogP contribution in [0.15, 0.2) is 55.0 Å². The molecule has 0 spiro atoms. The van der Waals surface area contributed by atoms with Crippen molar-refractivity contribution in [3.63, 3.8) is 0 Å². The van der Waals surface area contributed by atoms with Crippen LogP contribution in [-0.4, -0.2) is 75.8 Å². The van der Waals surface area contributed by atoms with Gasteiger partial charge in [0.25, 0.3) is 0 Å². The molecule has 1 saturated heterocycles. The molecule has 40 heavy (non-hydrogen) atoms. The number of likely N-dealkylation sites (N-methyl/N-ethyl adjacent to an activating group) is 1. The van der Waals surface area contributed by atoms with E-state index in [0.29, 0.717) is 52.4 Å². The Balaban J connectivity index is 1.31. The van der Waals surface area contributed by atoms with E-state index in [4.69, 9.17) is 26.1 Å². The summed E-state index contributed by atoms with van der Waals surface area (Å²) >= 11 is 6.69. The zero-order valence-corrected chi connectivity index (χ0v) is 23.0. The summed E-state index contributed by atoms with van der Waals surface area (Å²) in [5.74, 6) is 1.61. The zero-order valence-electron chi connectivity index (χ0n) is 22.3. The second-order valence-corrected chi connectivity index (χ2v) is 9.71. The number of aromatic nitrogens is 5. The van der Waals surface area contributed by atoms with Crippen molar-refractivity contribution in [1.82, 2.24) is 29.5 Å². The summed E-state index contributed by atoms with van der Waals surface area (Å²) < 4.78 is 12.7. The summed E-state index contributed by atoms with van der Waals surface area (Å²) in [5, 5.41) is 12.9. The van der Waals surface area contributed by atoms with Crippen molar-refractivity contribution in [1.29, 1.82) is 0 Å². The van der Waals surface area contributed by atoms with E-state index in [1.807, 2.05) is 41.3 Å². The van der Waals surface area contributed by atoms with Gasteiger partial charge in [0.2, 0.25) is 11.9 Å². The van der Waals surface area contributed by atoms with Gasteiger partial charge in [-0.25, -0.2) is 4.98 Å². The number of hydrogen-bond donors (Lipinski definition) is 1. The Bertz CT molecular complexity index is 1720. The smallest absolute Gasteiger partial charge is 0.241 e. The number of methoxy groups -OCH3 is 2. The van der Waals surface area contributed by atoms with E-state index in [1.165, 1.54) is 0 Å². The number of benzene rings is 2. The van der Waals surface area contributed by atoms with Gasteiger partial charge in [-0.2, -0.15) is 4.98 Å². The molecule has 2 aromatic carbocycles. The van der Waals surface area contributed by atoms with E-state index >= 15 is 0 Å². The Morgan fingerprint density at radius 3 is 2.58 bits per heavy atom. The van der Waals surface area contributed by atoms with Crippen LogP contribution in [0.2, 0.25) is 5.02 Å². The summed E-state index contributed by atoms with van der Waals surface area (Å²) in [6.45, 7) is 4.93. The normalized spacial score (nSPS) is 14.2. The largest absolute Gasteiger partial charge is 0.497 e. The van der Waals surface area contributed by atoms with Gasteiger partial charge in [0.05, 0.1) is 25.8 Å². The average Bonchev–Trinajstić information content (AvgIpc) is 3.48. The van der Waals surface area contributed by atoms with Crippen LogP contribution in [0.4, 0.5) is 17.3 Å². The van der Waals surface area contributed by atoms with Gasteiger partial charge in [0, 0.05) is 53.2 Å². The van der Waals surface area contributed by atoms with Crippen LogP contribution in [0.25, 0.3) is 27.8 Å². The third kappa shape index (κ3) is 4.63. The number of rotatable bonds is 7. The van der Waals surface area contributed by atoms with Gasteiger partial charge in [-0.15, -0.1) is 10.2 Å². The fourth-order valence-electron chi connectivity index (χ4n) is 4.88. The molecule has 1 aliphatic heterocycles. The van der Waals surface area contributed by atoms with Crippen LogP contribution >= 0.6 is 11.6 Å². The highest BCUT2D eigenvalue weighted by Crippen LogP contribution is 2.41. The fraction of sp³-hybridized carbons (Fsp3) is 0.250. The molecule has 1 aliphatic rings. The van der Waals surface area contributed by atoms with E-state index in [0.717, 1.165) is 35.4 Å². The van der Waals surface area contributed by atoms with Crippen LogP contribution in [0, 0.1) is 0 Å². The van der Waals surface area contributed by atoms with Gasteiger partial charge in [-0.05, 0) is 42.9 Å². The van der Waals surface area contributed by atoms with Crippen LogP contribution < -0.4 is 19.7 Å². The maximum Gasteiger partial charge on any atom is 0.241 e. The molecule has 0 unspecified atom stereocenters. The quantitative estimate of drug-likeness (QED) is 0.310. The maximum atomic E-state index is 12.6. The molecule has 12 heteroatoms. The monoisotopic (exact) mass is 558 g/mol. The van der Waals surface area contributed by atoms with Gasteiger partial charge >= 0.3 is 0 Å². The lowest BCUT2D eigenvalue weighted by molar-refractivity contribution is -0.121. The first-order chi connectivity index (χ1) is 19.5. The molecule has 3 aromatic heterocycles. The lowest BCUT2D eigenvalue weighted by Crippen LogP contribution is -2.50. The molecular formula is C28H27ClN8O3. The second-order valence-electron chi connectivity index (χ2n) is 9.33. The highest BCUT2D eigenvalue weighted by atomic mass is 35.5. The predicted octanol–water partition coefficient (Wildman–Crippen LogP) is 4.42. The average molecular weight is 559 g/mol. The van der Waals surface area contributed by atoms with Gasteiger partial charge in [0.15, 0.2) is 11.3 Å².